The molecule has 1 rings (SSSR count). The summed E-state index contributed by atoms with van der Waals surface area (Å²) in [5.74, 6) is -0.415. The molecular formula is C9H8N2O2. The molecule has 66 valence electrons. The third-order valence-corrected chi connectivity index (χ3v) is 1.50. The maximum absolute atomic E-state index is 11.0. The largest absolute Gasteiger partial charge is 0.465 e. The predicted octanol–water partition coefficient (Wildman–Crippen LogP) is 0.934. The predicted molar refractivity (Wildman–Crippen MR) is 44.9 cm³/mol. The minimum absolute atomic E-state index is 0.199. The summed E-state index contributed by atoms with van der Waals surface area (Å²) in [6.45, 7) is 0. The molecule has 0 aromatic carbocycles. The second-order valence-corrected chi connectivity index (χ2v) is 2.36. The Morgan fingerprint density at radius 1 is 1.77 bits per heavy atom. The Bertz CT molecular complexity index is 355. The van der Waals surface area contributed by atoms with Crippen molar-refractivity contribution in [3.63, 3.8) is 0 Å². The zero-order chi connectivity index (χ0) is 9.68. The third kappa shape index (κ3) is 2.27. The normalized spacial score (nSPS) is 8.92. The summed E-state index contributed by atoms with van der Waals surface area (Å²) in [6, 6.07) is 5.05. The van der Waals surface area contributed by atoms with Gasteiger partial charge in [-0.05, 0) is 12.1 Å². The third-order valence-electron chi connectivity index (χ3n) is 1.50. The molecule has 0 N–H and O–H groups in total. The van der Waals surface area contributed by atoms with Gasteiger partial charge in [-0.3, -0.25) is 4.98 Å². The van der Waals surface area contributed by atoms with Gasteiger partial charge in [0.25, 0.3) is 0 Å². The molecule has 0 aliphatic rings. The molecule has 4 heteroatoms. The number of pyridine rings is 1. The van der Waals surface area contributed by atoms with E-state index in [1.165, 1.54) is 13.3 Å². The van der Waals surface area contributed by atoms with Crippen LogP contribution in [0.25, 0.3) is 0 Å². The van der Waals surface area contributed by atoms with E-state index in [0.29, 0.717) is 11.3 Å². The maximum Gasteiger partial charge on any atom is 0.337 e. The number of nitriles is 1. The molecular weight excluding hydrogens is 168 g/mol. The molecule has 0 atom stereocenters. The van der Waals surface area contributed by atoms with Gasteiger partial charge in [0.2, 0.25) is 0 Å². The van der Waals surface area contributed by atoms with Crippen LogP contribution >= 0.6 is 0 Å². The number of carbonyl (C=O) groups excluding carboxylic acids is 1. The van der Waals surface area contributed by atoms with Crippen molar-refractivity contribution >= 4 is 5.97 Å². The highest BCUT2D eigenvalue weighted by Gasteiger charge is 2.05. The zero-order valence-electron chi connectivity index (χ0n) is 7.15. The second kappa shape index (κ2) is 4.21. The van der Waals surface area contributed by atoms with Crippen molar-refractivity contribution in [2.24, 2.45) is 0 Å². The highest BCUT2D eigenvalue weighted by molar-refractivity contribution is 5.89. The van der Waals surface area contributed by atoms with Crippen LogP contribution in [0.15, 0.2) is 18.3 Å². The molecule has 0 saturated heterocycles. The summed E-state index contributed by atoms with van der Waals surface area (Å²) in [5, 5.41) is 8.40. The van der Waals surface area contributed by atoms with E-state index < -0.39 is 5.97 Å². The summed E-state index contributed by atoms with van der Waals surface area (Å²) in [7, 11) is 1.31. The van der Waals surface area contributed by atoms with Gasteiger partial charge in [-0.25, -0.2) is 4.79 Å². The van der Waals surface area contributed by atoms with Crippen molar-refractivity contribution in [2.45, 2.75) is 6.42 Å². The molecule has 0 bridgehead atoms. The van der Waals surface area contributed by atoms with Crippen molar-refractivity contribution < 1.29 is 9.53 Å². The van der Waals surface area contributed by atoms with Gasteiger partial charge >= 0.3 is 5.97 Å². The summed E-state index contributed by atoms with van der Waals surface area (Å²) >= 11 is 0. The topological polar surface area (TPSA) is 63.0 Å². The number of hydrogen-bond donors (Lipinski definition) is 0. The fourth-order valence-corrected chi connectivity index (χ4v) is 0.901. The SMILES string of the molecule is COC(=O)c1ccnc(CC#N)c1. The van der Waals surface area contributed by atoms with Crippen molar-refractivity contribution in [3.05, 3.63) is 29.6 Å². The first-order chi connectivity index (χ1) is 6.27. The van der Waals surface area contributed by atoms with Crippen molar-refractivity contribution in [2.75, 3.05) is 7.11 Å². The molecule has 0 radical (unpaired) electrons. The highest BCUT2D eigenvalue weighted by atomic mass is 16.5. The van der Waals surface area contributed by atoms with Gasteiger partial charge in [0, 0.05) is 6.20 Å². The zero-order valence-corrected chi connectivity index (χ0v) is 7.15. The van der Waals surface area contributed by atoms with Crippen LogP contribution in [0, 0.1) is 11.3 Å². The molecule has 4 nitrogen and oxygen atoms in total. The minimum Gasteiger partial charge on any atom is -0.465 e. The van der Waals surface area contributed by atoms with Crippen LogP contribution in [0.5, 0.6) is 0 Å². The lowest BCUT2D eigenvalue weighted by Crippen LogP contribution is -2.02. The molecule has 0 fully saturated rings. The number of ether oxygens (including phenoxy) is 1. The van der Waals surface area contributed by atoms with E-state index in [-0.39, 0.29) is 6.42 Å². The van der Waals surface area contributed by atoms with Crippen molar-refractivity contribution in [1.29, 1.82) is 5.26 Å². The van der Waals surface area contributed by atoms with Crippen LogP contribution in [0.2, 0.25) is 0 Å². The lowest BCUT2D eigenvalue weighted by molar-refractivity contribution is 0.0600. The molecule has 0 unspecified atom stereocenters. The van der Waals surface area contributed by atoms with E-state index in [1.807, 2.05) is 6.07 Å². The molecule has 0 spiro atoms. The van der Waals surface area contributed by atoms with Crippen LogP contribution in [-0.2, 0) is 11.2 Å². The molecule has 1 aromatic rings. The lowest BCUT2D eigenvalue weighted by atomic mass is 10.2. The molecule has 13 heavy (non-hydrogen) atoms. The van der Waals surface area contributed by atoms with E-state index in [0.717, 1.165) is 0 Å². The van der Waals surface area contributed by atoms with Crippen molar-refractivity contribution in [1.82, 2.24) is 4.98 Å². The molecule has 0 aliphatic heterocycles. The van der Waals surface area contributed by atoms with Crippen LogP contribution in [0.4, 0.5) is 0 Å². The Morgan fingerprint density at radius 3 is 3.15 bits per heavy atom. The van der Waals surface area contributed by atoms with E-state index in [9.17, 15) is 4.79 Å². The Balaban J connectivity index is 2.93. The van der Waals surface area contributed by atoms with Gasteiger partial charge in [-0.2, -0.15) is 5.26 Å². The first-order valence-corrected chi connectivity index (χ1v) is 3.68. The number of esters is 1. The molecule has 1 heterocycles. The fourth-order valence-electron chi connectivity index (χ4n) is 0.901. The number of methoxy groups -OCH3 is 1. The Kier molecular flexibility index (Phi) is 2.98. The van der Waals surface area contributed by atoms with Crippen LogP contribution in [-0.4, -0.2) is 18.1 Å². The van der Waals surface area contributed by atoms with Gasteiger partial charge in [-0.15, -0.1) is 0 Å². The van der Waals surface area contributed by atoms with E-state index >= 15 is 0 Å². The fraction of sp³-hybridized carbons (Fsp3) is 0.222. The Hall–Kier alpha value is -1.89. The minimum atomic E-state index is -0.415. The molecule has 0 aliphatic carbocycles. The summed E-state index contributed by atoms with van der Waals surface area (Å²) in [5.41, 5.74) is 0.994. The molecule has 1 aromatic heterocycles. The summed E-state index contributed by atoms with van der Waals surface area (Å²) in [4.78, 5) is 15.0. The van der Waals surface area contributed by atoms with E-state index in [4.69, 9.17) is 5.26 Å². The van der Waals surface area contributed by atoms with E-state index in [2.05, 4.69) is 9.72 Å². The van der Waals surface area contributed by atoms with Gasteiger partial charge in [0.1, 0.15) is 0 Å². The second-order valence-electron chi connectivity index (χ2n) is 2.36. The summed E-state index contributed by atoms with van der Waals surface area (Å²) < 4.78 is 4.52. The highest BCUT2D eigenvalue weighted by Crippen LogP contribution is 2.03. The van der Waals surface area contributed by atoms with Gasteiger partial charge in [0.05, 0.1) is 30.9 Å². The lowest BCUT2D eigenvalue weighted by Gasteiger charge is -1.99. The standard InChI is InChI=1S/C9H8N2O2/c1-13-9(12)7-3-5-11-8(6-7)2-4-10/h3,5-6H,2H2,1H3. The molecule has 0 amide bonds. The van der Waals surface area contributed by atoms with Gasteiger partial charge in [0.15, 0.2) is 0 Å². The first-order valence-electron chi connectivity index (χ1n) is 3.68. The quantitative estimate of drug-likeness (QED) is 0.629. The number of nitrogens with zero attached hydrogens (tertiary/aromatic N) is 2. The van der Waals surface area contributed by atoms with Gasteiger partial charge < -0.3 is 4.74 Å². The Labute approximate surface area is 75.8 Å². The molecule has 0 saturated carbocycles. The average molecular weight is 176 g/mol. The smallest absolute Gasteiger partial charge is 0.337 e. The number of rotatable bonds is 2. The Morgan fingerprint density at radius 2 is 2.54 bits per heavy atom. The summed E-state index contributed by atoms with van der Waals surface area (Å²) in [6.07, 6.45) is 1.68. The average Bonchev–Trinajstić information content (AvgIpc) is 2.18. The number of hydrogen-bond acceptors (Lipinski definition) is 4. The number of carbonyl (C=O) groups is 1. The van der Waals surface area contributed by atoms with Crippen LogP contribution in [0.3, 0.4) is 0 Å². The monoisotopic (exact) mass is 176 g/mol. The van der Waals surface area contributed by atoms with Crippen LogP contribution in [0.1, 0.15) is 16.1 Å². The van der Waals surface area contributed by atoms with Crippen LogP contribution < -0.4 is 0 Å². The van der Waals surface area contributed by atoms with E-state index in [1.54, 1.807) is 12.1 Å². The van der Waals surface area contributed by atoms with Crippen molar-refractivity contribution in [3.8, 4) is 6.07 Å². The first kappa shape index (κ1) is 9.20. The van der Waals surface area contributed by atoms with Gasteiger partial charge in [-0.1, -0.05) is 0 Å². The maximum atomic E-state index is 11.0. The number of aromatic nitrogens is 1.